The first-order valence-corrected chi connectivity index (χ1v) is 7.58. The van der Waals surface area contributed by atoms with Gasteiger partial charge >= 0.3 is 11.9 Å². The molecule has 1 aromatic carbocycles. The highest BCUT2D eigenvalue weighted by molar-refractivity contribution is 5.85. The van der Waals surface area contributed by atoms with E-state index in [1.165, 1.54) is 0 Å². The van der Waals surface area contributed by atoms with Crippen molar-refractivity contribution in [3.63, 3.8) is 0 Å². The fourth-order valence-electron chi connectivity index (χ4n) is 4.31. The predicted octanol–water partition coefficient (Wildman–Crippen LogP) is 1.59. The molecule has 0 heterocycles. The van der Waals surface area contributed by atoms with Crippen LogP contribution in [0.2, 0.25) is 0 Å². The molecule has 1 aromatic rings. The lowest BCUT2D eigenvalue weighted by Gasteiger charge is -2.31. The van der Waals surface area contributed by atoms with E-state index in [1.807, 2.05) is 26.0 Å². The Hall–Kier alpha value is -1.88. The molecule has 5 nitrogen and oxygen atoms in total. The molecule has 2 fully saturated rings. The molecule has 0 bridgehead atoms. The van der Waals surface area contributed by atoms with Crippen LogP contribution in [-0.4, -0.2) is 27.7 Å². The van der Waals surface area contributed by atoms with Gasteiger partial charge in [-0.2, -0.15) is 0 Å². The predicted molar refractivity (Wildman–Crippen MR) is 80.4 cm³/mol. The van der Waals surface area contributed by atoms with Gasteiger partial charge in [0.2, 0.25) is 0 Å². The maximum absolute atomic E-state index is 11.8. The van der Waals surface area contributed by atoms with Gasteiger partial charge in [0.1, 0.15) is 5.54 Å². The number of carboxylic acid groups (broad SMARTS) is 2. The van der Waals surface area contributed by atoms with Gasteiger partial charge in [0, 0.05) is 5.92 Å². The summed E-state index contributed by atoms with van der Waals surface area (Å²) in [5.74, 6) is -3.31. The largest absolute Gasteiger partial charge is 0.481 e. The number of nitrogens with two attached hydrogens (primary N) is 1. The Morgan fingerprint density at radius 1 is 1.32 bits per heavy atom. The van der Waals surface area contributed by atoms with E-state index in [0.29, 0.717) is 12.8 Å². The van der Waals surface area contributed by atoms with Crippen LogP contribution in [0, 0.1) is 37.5 Å². The quantitative estimate of drug-likeness (QED) is 0.784. The van der Waals surface area contributed by atoms with Gasteiger partial charge < -0.3 is 15.9 Å². The van der Waals surface area contributed by atoms with Gasteiger partial charge in [-0.3, -0.25) is 9.59 Å². The number of aryl methyl sites for hydroxylation is 2. The van der Waals surface area contributed by atoms with Crippen molar-refractivity contribution in [3.05, 3.63) is 34.9 Å². The molecule has 4 N–H and O–H groups in total. The summed E-state index contributed by atoms with van der Waals surface area (Å²) in [6, 6.07) is 6.12. The van der Waals surface area contributed by atoms with Crippen molar-refractivity contribution in [2.75, 3.05) is 0 Å². The van der Waals surface area contributed by atoms with Gasteiger partial charge in [0.05, 0.1) is 5.92 Å². The molecule has 2 saturated carbocycles. The summed E-state index contributed by atoms with van der Waals surface area (Å²) in [5, 5.41) is 18.8. The Morgan fingerprint density at radius 2 is 2.00 bits per heavy atom. The van der Waals surface area contributed by atoms with Crippen LogP contribution in [0.15, 0.2) is 18.2 Å². The molecule has 2 aliphatic rings. The SMILES string of the molecule is Cc1ccc(C)c(CC2CC3C(C(=O)O)C3C2(N)C(=O)O)c1. The summed E-state index contributed by atoms with van der Waals surface area (Å²) in [6.07, 6.45) is 1.17. The van der Waals surface area contributed by atoms with E-state index >= 15 is 0 Å². The lowest BCUT2D eigenvalue weighted by molar-refractivity contribution is -0.147. The molecule has 0 spiro atoms. The first kappa shape index (κ1) is 15.0. The van der Waals surface area contributed by atoms with Gasteiger partial charge in [0.15, 0.2) is 0 Å². The van der Waals surface area contributed by atoms with E-state index in [-0.39, 0.29) is 11.8 Å². The summed E-state index contributed by atoms with van der Waals surface area (Å²) in [4.78, 5) is 23.0. The fourth-order valence-corrected chi connectivity index (χ4v) is 4.31. The molecule has 5 heteroatoms. The van der Waals surface area contributed by atoms with Gasteiger partial charge in [-0.05, 0) is 49.7 Å². The number of rotatable bonds is 4. The van der Waals surface area contributed by atoms with Crippen LogP contribution < -0.4 is 5.73 Å². The van der Waals surface area contributed by atoms with Gasteiger partial charge in [0.25, 0.3) is 0 Å². The van der Waals surface area contributed by atoms with Crippen LogP contribution in [0.1, 0.15) is 23.1 Å². The maximum Gasteiger partial charge on any atom is 0.324 e. The van der Waals surface area contributed by atoms with Crippen molar-refractivity contribution in [3.8, 4) is 0 Å². The Balaban J connectivity index is 1.88. The third-order valence-electron chi connectivity index (χ3n) is 5.58. The van der Waals surface area contributed by atoms with Gasteiger partial charge in [-0.15, -0.1) is 0 Å². The second kappa shape index (κ2) is 4.81. The number of benzene rings is 1. The molecule has 0 amide bonds. The number of aliphatic carboxylic acids is 2. The molecular formula is C17H21NO4. The van der Waals surface area contributed by atoms with Crippen LogP contribution in [0.5, 0.6) is 0 Å². The Labute approximate surface area is 129 Å². The number of hydrogen-bond donors (Lipinski definition) is 3. The first-order chi connectivity index (χ1) is 10.3. The van der Waals surface area contributed by atoms with Crippen LogP contribution in [0.3, 0.4) is 0 Å². The minimum absolute atomic E-state index is 0.0892. The molecule has 0 aromatic heterocycles. The van der Waals surface area contributed by atoms with Crippen molar-refractivity contribution >= 4 is 11.9 Å². The fraction of sp³-hybridized carbons (Fsp3) is 0.529. The molecule has 118 valence electrons. The van der Waals surface area contributed by atoms with Gasteiger partial charge in [-0.1, -0.05) is 23.8 Å². The highest BCUT2D eigenvalue weighted by Crippen LogP contribution is 2.64. The summed E-state index contributed by atoms with van der Waals surface area (Å²) >= 11 is 0. The molecule has 0 radical (unpaired) electrons. The maximum atomic E-state index is 11.8. The molecule has 3 rings (SSSR count). The van der Waals surface area contributed by atoms with E-state index in [1.54, 1.807) is 0 Å². The molecular weight excluding hydrogens is 282 g/mol. The van der Waals surface area contributed by atoms with Crippen molar-refractivity contribution in [1.82, 2.24) is 0 Å². The average molecular weight is 303 g/mol. The van der Waals surface area contributed by atoms with Crippen molar-refractivity contribution in [1.29, 1.82) is 0 Å². The van der Waals surface area contributed by atoms with Crippen LogP contribution in [0.25, 0.3) is 0 Å². The molecule has 5 unspecified atom stereocenters. The van der Waals surface area contributed by atoms with Crippen LogP contribution in [-0.2, 0) is 16.0 Å². The zero-order chi connectivity index (χ0) is 16.2. The van der Waals surface area contributed by atoms with E-state index in [0.717, 1.165) is 16.7 Å². The second-order valence-corrected chi connectivity index (χ2v) is 6.86. The number of carbonyl (C=O) groups is 2. The average Bonchev–Trinajstić information content (AvgIpc) is 3.08. The molecule has 2 aliphatic carbocycles. The third-order valence-corrected chi connectivity index (χ3v) is 5.58. The Kier molecular flexibility index (Phi) is 3.29. The lowest BCUT2D eigenvalue weighted by atomic mass is 9.77. The third kappa shape index (κ3) is 2.03. The summed E-state index contributed by atoms with van der Waals surface area (Å²) < 4.78 is 0. The van der Waals surface area contributed by atoms with E-state index in [4.69, 9.17) is 5.73 Å². The molecule has 0 saturated heterocycles. The van der Waals surface area contributed by atoms with E-state index < -0.39 is 29.3 Å². The van der Waals surface area contributed by atoms with Crippen LogP contribution >= 0.6 is 0 Å². The van der Waals surface area contributed by atoms with Gasteiger partial charge in [-0.25, -0.2) is 0 Å². The smallest absolute Gasteiger partial charge is 0.324 e. The second-order valence-electron chi connectivity index (χ2n) is 6.86. The normalized spacial score (nSPS) is 36.0. The molecule has 22 heavy (non-hydrogen) atoms. The lowest BCUT2D eigenvalue weighted by Crippen LogP contribution is -2.55. The number of carboxylic acids is 2. The summed E-state index contributed by atoms with van der Waals surface area (Å²) in [6.45, 7) is 4.01. The zero-order valence-electron chi connectivity index (χ0n) is 12.7. The summed E-state index contributed by atoms with van der Waals surface area (Å²) in [5.41, 5.74) is 8.16. The first-order valence-electron chi connectivity index (χ1n) is 7.58. The highest BCUT2D eigenvalue weighted by Gasteiger charge is 2.73. The zero-order valence-corrected chi connectivity index (χ0v) is 12.7. The minimum atomic E-state index is -1.43. The highest BCUT2D eigenvalue weighted by atomic mass is 16.4. The van der Waals surface area contributed by atoms with Crippen LogP contribution in [0.4, 0.5) is 0 Å². The minimum Gasteiger partial charge on any atom is -0.481 e. The van der Waals surface area contributed by atoms with E-state index in [2.05, 4.69) is 6.07 Å². The standard InChI is InChI=1S/C17H21NO4/c1-8-3-4-9(2)10(5-8)6-11-7-12-13(15(19)20)14(12)17(11,18)16(21)22/h3-5,11-14H,6-7,18H2,1-2H3,(H,19,20)(H,21,22). The Bertz CT molecular complexity index is 656. The van der Waals surface area contributed by atoms with E-state index in [9.17, 15) is 19.8 Å². The molecule has 0 aliphatic heterocycles. The van der Waals surface area contributed by atoms with Crippen molar-refractivity contribution < 1.29 is 19.8 Å². The number of hydrogen-bond acceptors (Lipinski definition) is 3. The monoisotopic (exact) mass is 303 g/mol. The summed E-state index contributed by atoms with van der Waals surface area (Å²) in [7, 11) is 0. The molecule has 5 atom stereocenters. The number of fused-ring (bicyclic) bond motifs is 1. The van der Waals surface area contributed by atoms with Crippen molar-refractivity contribution in [2.24, 2.45) is 29.4 Å². The topological polar surface area (TPSA) is 101 Å². The van der Waals surface area contributed by atoms with Crippen molar-refractivity contribution in [2.45, 2.75) is 32.2 Å². The Morgan fingerprint density at radius 3 is 2.59 bits per heavy atom.